The fraction of sp³-hybridized carbons (Fsp3) is 0.357. The molecule has 0 aromatic heterocycles. The van der Waals surface area contributed by atoms with E-state index in [1.807, 2.05) is 0 Å². The number of rotatable bonds is 6. The summed E-state index contributed by atoms with van der Waals surface area (Å²) in [7, 11) is 1.57. The van der Waals surface area contributed by atoms with Crippen LogP contribution in [0.5, 0.6) is 0 Å². The van der Waals surface area contributed by atoms with E-state index in [0.29, 0.717) is 30.8 Å². The topological polar surface area (TPSA) is 79.5 Å². The van der Waals surface area contributed by atoms with Crippen LogP contribution in [0.2, 0.25) is 0 Å². The molecule has 0 aliphatic carbocycles. The lowest BCUT2D eigenvalue weighted by Crippen LogP contribution is -2.33. The van der Waals surface area contributed by atoms with Crippen molar-refractivity contribution in [3.63, 3.8) is 0 Å². The Kier molecular flexibility index (Phi) is 7.34. The number of amides is 2. The van der Waals surface area contributed by atoms with Gasteiger partial charge in [-0.1, -0.05) is 13.0 Å². The van der Waals surface area contributed by atoms with E-state index in [0.717, 1.165) is 0 Å². The molecule has 0 heterocycles. The number of ether oxygens (including phenoxy) is 1. The number of benzene rings is 1. The van der Waals surface area contributed by atoms with Crippen LogP contribution in [0.1, 0.15) is 23.7 Å². The molecule has 0 radical (unpaired) electrons. The van der Waals surface area contributed by atoms with E-state index in [-0.39, 0.29) is 16.9 Å². The molecule has 1 aromatic rings. The molecule has 0 spiro atoms. The predicted octanol–water partition coefficient (Wildman–Crippen LogP) is 1.29. The minimum absolute atomic E-state index is 0.166. The van der Waals surface area contributed by atoms with Crippen LogP contribution in [0, 0.1) is 0 Å². The Morgan fingerprint density at radius 2 is 2.10 bits per heavy atom. The zero-order valence-electron chi connectivity index (χ0n) is 12.1. The Bertz CT molecular complexity index is 520. The van der Waals surface area contributed by atoms with Gasteiger partial charge in [0.25, 0.3) is 5.91 Å². The highest BCUT2D eigenvalue weighted by molar-refractivity contribution is 7.80. The third-order valence-corrected chi connectivity index (χ3v) is 2.75. The molecule has 0 unspecified atom stereocenters. The molecule has 0 atom stereocenters. The van der Waals surface area contributed by atoms with Gasteiger partial charge in [-0.3, -0.25) is 9.59 Å². The molecule has 0 fully saturated rings. The van der Waals surface area contributed by atoms with Crippen LogP contribution in [0.25, 0.3) is 0 Å². The van der Waals surface area contributed by atoms with Gasteiger partial charge in [0.15, 0.2) is 5.11 Å². The minimum Gasteiger partial charge on any atom is -0.383 e. The summed E-state index contributed by atoms with van der Waals surface area (Å²) in [5.74, 6) is -0.361. The number of thiocarbonyl (C=S) groups is 1. The van der Waals surface area contributed by atoms with Crippen molar-refractivity contribution < 1.29 is 14.3 Å². The molecule has 0 aliphatic heterocycles. The van der Waals surface area contributed by atoms with Crippen molar-refractivity contribution in [3.8, 4) is 0 Å². The fourth-order valence-electron chi connectivity index (χ4n) is 1.48. The van der Waals surface area contributed by atoms with Crippen LogP contribution in [-0.4, -0.2) is 37.2 Å². The molecule has 0 saturated heterocycles. The fourth-order valence-corrected chi connectivity index (χ4v) is 1.72. The number of carbonyl (C=O) groups excluding carboxylic acids is 2. The largest absolute Gasteiger partial charge is 0.383 e. The van der Waals surface area contributed by atoms with E-state index in [1.165, 1.54) is 0 Å². The first kappa shape index (κ1) is 17.1. The van der Waals surface area contributed by atoms with Crippen LogP contribution in [0.4, 0.5) is 5.69 Å². The lowest BCUT2D eigenvalue weighted by molar-refractivity contribution is -0.119. The number of anilines is 1. The highest BCUT2D eigenvalue weighted by Gasteiger charge is 2.07. The quantitative estimate of drug-likeness (QED) is 0.545. The Labute approximate surface area is 129 Å². The summed E-state index contributed by atoms with van der Waals surface area (Å²) in [4.78, 5) is 23.1. The van der Waals surface area contributed by atoms with Crippen LogP contribution in [0.3, 0.4) is 0 Å². The van der Waals surface area contributed by atoms with Crippen LogP contribution in [0.15, 0.2) is 24.3 Å². The second-order valence-corrected chi connectivity index (χ2v) is 4.59. The molecular formula is C14H19N3O3S. The van der Waals surface area contributed by atoms with Crippen LogP contribution >= 0.6 is 12.2 Å². The summed E-state index contributed by atoms with van der Waals surface area (Å²) >= 11 is 5.01. The lowest BCUT2D eigenvalue weighted by Gasteiger charge is -2.10. The van der Waals surface area contributed by atoms with E-state index in [4.69, 9.17) is 17.0 Å². The molecule has 2 amide bonds. The van der Waals surface area contributed by atoms with E-state index in [2.05, 4.69) is 16.0 Å². The van der Waals surface area contributed by atoms with E-state index >= 15 is 0 Å². The van der Waals surface area contributed by atoms with Gasteiger partial charge < -0.3 is 20.7 Å². The maximum atomic E-state index is 11.9. The molecule has 3 N–H and O–H groups in total. The molecule has 0 bridgehead atoms. The van der Waals surface area contributed by atoms with Crippen molar-refractivity contribution in [2.45, 2.75) is 13.3 Å². The van der Waals surface area contributed by atoms with Gasteiger partial charge in [0.2, 0.25) is 5.91 Å². The molecule has 1 aromatic carbocycles. The Balaban J connectivity index is 2.61. The van der Waals surface area contributed by atoms with Crippen molar-refractivity contribution in [3.05, 3.63) is 29.8 Å². The Morgan fingerprint density at radius 1 is 1.33 bits per heavy atom. The van der Waals surface area contributed by atoms with Gasteiger partial charge in [-0.15, -0.1) is 0 Å². The van der Waals surface area contributed by atoms with Gasteiger partial charge in [0.05, 0.1) is 6.61 Å². The third-order valence-electron chi connectivity index (χ3n) is 2.55. The molecule has 21 heavy (non-hydrogen) atoms. The molecule has 7 heteroatoms. The summed E-state index contributed by atoms with van der Waals surface area (Å²) in [6, 6.07) is 6.85. The van der Waals surface area contributed by atoms with Crippen LogP contribution in [-0.2, 0) is 9.53 Å². The Hall–Kier alpha value is -1.99. The lowest BCUT2D eigenvalue weighted by atomic mass is 10.2. The van der Waals surface area contributed by atoms with Crippen molar-refractivity contribution in [2.24, 2.45) is 0 Å². The van der Waals surface area contributed by atoms with Gasteiger partial charge in [-0.2, -0.15) is 0 Å². The molecule has 1 rings (SSSR count). The van der Waals surface area contributed by atoms with Gasteiger partial charge in [-0.05, 0) is 30.4 Å². The molecule has 0 saturated carbocycles. The molecule has 0 aliphatic rings. The van der Waals surface area contributed by atoms with Crippen molar-refractivity contribution in [1.29, 1.82) is 0 Å². The maximum absolute atomic E-state index is 11.9. The molecule has 114 valence electrons. The van der Waals surface area contributed by atoms with Crippen LogP contribution < -0.4 is 16.0 Å². The number of hydrogen-bond donors (Lipinski definition) is 3. The zero-order valence-corrected chi connectivity index (χ0v) is 12.9. The monoisotopic (exact) mass is 309 g/mol. The summed E-state index contributed by atoms with van der Waals surface area (Å²) in [5, 5.41) is 8.33. The summed E-state index contributed by atoms with van der Waals surface area (Å²) < 4.78 is 4.87. The summed E-state index contributed by atoms with van der Waals surface area (Å²) in [6.07, 6.45) is 0.351. The normalized spacial score (nSPS) is 9.81. The number of carbonyl (C=O) groups is 2. The van der Waals surface area contributed by atoms with Gasteiger partial charge >= 0.3 is 0 Å². The number of methoxy groups -OCH3 is 1. The standard InChI is InChI=1S/C14H19N3O3S/c1-3-12(18)17-14(21)16-11-6-4-5-10(9-11)13(19)15-7-8-20-2/h4-6,9H,3,7-8H2,1-2H3,(H,15,19)(H2,16,17,18,21). The van der Waals surface area contributed by atoms with E-state index < -0.39 is 0 Å². The second-order valence-electron chi connectivity index (χ2n) is 4.19. The second kappa shape index (κ2) is 9.04. The van der Waals surface area contributed by atoms with Gasteiger partial charge in [0, 0.05) is 31.3 Å². The average Bonchev–Trinajstić information content (AvgIpc) is 2.47. The Morgan fingerprint density at radius 3 is 2.76 bits per heavy atom. The molecular weight excluding hydrogens is 290 g/mol. The first-order valence-electron chi connectivity index (χ1n) is 6.54. The SMILES string of the molecule is CCC(=O)NC(=S)Nc1cccc(C(=O)NCCOC)c1. The molecule has 6 nitrogen and oxygen atoms in total. The zero-order chi connectivity index (χ0) is 15.7. The van der Waals surface area contributed by atoms with Crippen molar-refractivity contribution in [2.75, 3.05) is 25.6 Å². The number of hydrogen-bond acceptors (Lipinski definition) is 4. The van der Waals surface area contributed by atoms with Gasteiger partial charge in [-0.25, -0.2) is 0 Å². The highest BCUT2D eigenvalue weighted by Crippen LogP contribution is 2.10. The first-order chi connectivity index (χ1) is 10.1. The van der Waals surface area contributed by atoms with E-state index in [1.54, 1.807) is 38.3 Å². The van der Waals surface area contributed by atoms with Crippen molar-refractivity contribution >= 4 is 34.8 Å². The number of nitrogens with one attached hydrogen (secondary N) is 3. The third kappa shape index (κ3) is 6.33. The average molecular weight is 309 g/mol. The minimum atomic E-state index is -0.195. The first-order valence-corrected chi connectivity index (χ1v) is 6.95. The van der Waals surface area contributed by atoms with Gasteiger partial charge in [0.1, 0.15) is 0 Å². The summed E-state index contributed by atoms with van der Waals surface area (Å²) in [5.41, 5.74) is 1.14. The maximum Gasteiger partial charge on any atom is 0.251 e. The van der Waals surface area contributed by atoms with E-state index in [9.17, 15) is 9.59 Å². The van der Waals surface area contributed by atoms with Crippen molar-refractivity contribution in [1.82, 2.24) is 10.6 Å². The predicted molar refractivity (Wildman–Crippen MR) is 85.3 cm³/mol. The highest BCUT2D eigenvalue weighted by atomic mass is 32.1. The smallest absolute Gasteiger partial charge is 0.251 e. The summed E-state index contributed by atoms with van der Waals surface area (Å²) in [6.45, 7) is 2.64.